The summed E-state index contributed by atoms with van der Waals surface area (Å²) in [5, 5.41) is 6.12. The Bertz CT molecular complexity index is 396. The quantitative estimate of drug-likeness (QED) is 0.567. The molecule has 0 fully saturated rings. The molecular weight excluding hydrogens is 232 g/mol. The molecule has 6 heteroatoms. The van der Waals surface area contributed by atoms with E-state index in [2.05, 4.69) is 32.3 Å². The molecule has 6 nitrogen and oxygen atoms in total. The topological polar surface area (TPSA) is 76.1 Å². The summed E-state index contributed by atoms with van der Waals surface area (Å²) in [6.07, 6.45) is 2.22. The highest BCUT2D eigenvalue weighted by atomic mass is 16.5. The van der Waals surface area contributed by atoms with Crippen molar-refractivity contribution in [2.75, 3.05) is 30.8 Å². The lowest BCUT2D eigenvalue weighted by Gasteiger charge is -2.09. The molecule has 1 aromatic heterocycles. The van der Waals surface area contributed by atoms with Gasteiger partial charge in [0.2, 0.25) is 0 Å². The Balaban J connectivity index is 2.59. The first-order valence-corrected chi connectivity index (χ1v) is 6.06. The van der Waals surface area contributed by atoms with Crippen LogP contribution in [0.25, 0.3) is 0 Å². The largest absolute Gasteiger partial charge is 0.468 e. The minimum atomic E-state index is -0.327. The van der Waals surface area contributed by atoms with Gasteiger partial charge in [-0.15, -0.1) is 0 Å². The van der Waals surface area contributed by atoms with Crippen molar-refractivity contribution in [3.05, 3.63) is 11.9 Å². The first-order chi connectivity index (χ1) is 8.65. The summed E-state index contributed by atoms with van der Waals surface area (Å²) in [7, 11) is 1.35. The van der Waals surface area contributed by atoms with Crippen molar-refractivity contribution < 1.29 is 9.53 Å². The summed E-state index contributed by atoms with van der Waals surface area (Å²) in [6.45, 7) is 4.93. The number of aryl methyl sites for hydroxylation is 1. The summed E-state index contributed by atoms with van der Waals surface area (Å²) in [5.41, 5.74) is 0. The van der Waals surface area contributed by atoms with Gasteiger partial charge in [-0.1, -0.05) is 13.3 Å². The van der Waals surface area contributed by atoms with Crippen molar-refractivity contribution in [3.8, 4) is 0 Å². The van der Waals surface area contributed by atoms with Gasteiger partial charge in [0.25, 0.3) is 0 Å². The second-order valence-corrected chi connectivity index (χ2v) is 3.90. The van der Waals surface area contributed by atoms with Crippen molar-refractivity contribution in [3.63, 3.8) is 0 Å². The zero-order chi connectivity index (χ0) is 13.4. The van der Waals surface area contributed by atoms with Crippen LogP contribution in [-0.4, -0.2) is 36.1 Å². The van der Waals surface area contributed by atoms with E-state index in [0.717, 1.165) is 25.2 Å². The standard InChI is InChI=1S/C12H20N4O2/c1-4-5-6-13-10-7-11(16-9(2)15-10)14-8-12(17)18-3/h7H,4-6,8H2,1-3H3,(H2,13,14,15,16). The van der Waals surface area contributed by atoms with Crippen molar-refractivity contribution in [1.29, 1.82) is 0 Å². The summed E-state index contributed by atoms with van der Waals surface area (Å²) in [4.78, 5) is 19.5. The number of esters is 1. The van der Waals surface area contributed by atoms with Crippen LogP contribution in [0, 0.1) is 6.92 Å². The molecule has 0 aromatic carbocycles. The van der Waals surface area contributed by atoms with Crippen molar-refractivity contribution in [2.24, 2.45) is 0 Å². The molecule has 0 unspecified atom stereocenters. The number of anilines is 2. The maximum absolute atomic E-state index is 11.0. The van der Waals surface area contributed by atoms with Crippen LogP contribution in [0.2, 0.25) is 0 Å². The van der Waals surface area contributed by atoms with Crippen molar-refractivity contribution in [2.45, 2.75) is 26.7 Å². The third kappa shape index (κ3) is 4.99. The fourth-order valence-electron chi connectivity index (χ4n) is 1.38. The Morgan fingerprint density at radius 2 is 2.00 bits per heavy atom. The maximum Gasteiger partial charge on any atom is 0.325 e. The van der Waals surface area contributed by atoms with Gasteiger partial charge in [0, 0.05) is 12.6 Å². The molecule has 0 amide bonds. The Labute approximate surface area is 107 Å². The van der Waals surface area contributed by atoms with Gasteiger partial charge >= 0.3 is 5.97 Å². The molecule has 0 saturated heterocycles. The number of rotatable bonds is 7. The van der Waals surface area contributed by atoms with Gasteiger partial charge < -0.3 is 15.4 Å². The zero-order valence-corrected chi connectivity index (χ0v) is 11.1. The predicted molar refractivity (Wildman–Crippen MR) is 70.7 cm³/mol. The van der Waals surface area contributed by atoms with Crippen LogP contribution in [0.5, 0.6) is 0 Å². The lowest BCUT2D eigenvalue weighted by molar-refractivity contribution is -0.138. The molecular formula is C12H20N4O2. The molecule has 2 N–H and O–H groups in total. The molecule has 0 saturated carbocycles. The van der Waals surface area contributed by atoms with Crippen LogP contribution in [0.3, 0.4) is 0 Å². The van der Waals surface area contributed by atoms with E-state index in [1.54, 1.807) is 6.07 Å². The van der Waals surface area contributed by atoms with E-state index in [1.165, 1.54) is 7.11 Å². The fraction of sp³-hybridized carbons (Fsp3) is 0.583. The molecule has 0 aliphatic rings. The summed E-state index contributed by atoms with van der Waals surface area (Å²) >= 11 is 0. The van der Waals surface area contributed by atoms with Crippen LogP contribution >= 0.6 is 0 Å². The molecule has 100 valence electrons. The number of hydrogen-bond donors (Lipinski definition) is 2. The molecule has 0 atom stereocenters. The van der Waals surface area contributed by atoms with Crippen LogP contribution < -0.4 is 10.6 Å². The normalized spacial score (nSPS) is 9.94. The summed E-state index contributed by atoms with van der Waals surface area (Å²) in [6, 6.07) is 1.78. The molecule has 0 aliphatic heterocycles. The second kappa shape index (κ2) is 7.47. The number of nitrogens with one attached hydrogen (secondary N) is 2. The highest BCUT2D eigenvalue weighted by molar-refractivity contribution is 5.74. The van der Waals surface area contributed by atoms with E-state index in [1.807, 2.05) is 6.92 Å². The Morgan fingerprint density at radius 1 is 1.33 bits per heavy atom. The van der Waals surface area contributed by atoms with Crippen LogP contribution in [0.15, 0.2) is 6.07 Å². The van der Waals surface area contributed by atoms with Gasteiger partial charge in [0.1, 0.15) is 24.0 Å². The number of aromatic nitrogens is 2. The Hall–Kier alpha value is -1.85. The third-order valence-electron chi connectivity index (χ3n) is 2.32. The summed E-state index contributed by atoms with van der Waals surface area (Å²) in [5.74, 6) is 1.71. The highest BCUT2D eigenvalue weighted by Crippen LogP contribution is 2.11. The van der Waals surface area contributed by atoms with E-state index in [4.69, 9.17) is 0 Å². The van der Waals surface area contributed by atoms with Gasteiger partial charge in [-0.2, -0.15) is 0 Å². The minimum absolute atomic E-state index is 0.0986. The third-order valence-corrected chi connectivity index (χ3v) is 2.32. The summed E-state index contributed by atoms with van der Waals surface area (Å²) < 4.78 is 4.55. The maximum atomic E-state index is 11.0. The van der Waals surface area contributed by atoms with E-state index < -0.39 is 0 Å². The SMILES string of the molecule is CCCCNc1cc(NCC(=O)OC)nc(C)n1. The molecule has 1 heterocycles. The van der Waals surface area contributed by atoms with Gasteiger partial charge in [0.05, 0.1) is 7.11 Å². The molecule has 0 spiro atoms. The van der Waals surface area contributed by atoms with E-state index in [9.17, 15) is 4.79 Å². The second-order valence-electron chi connectivity index (χ2n) is 3.90. The van der Waals surface area contributed by atoms with E-state index in [-0.39, 0.29) is 12.5 Å². The Kier molecular flexibility index (Phi) is 5.90. The highest BCUT2D eigenvalue weighted by Gasteiger charge is 2.04. The van der Waals surface area contributed by atoms with Crippen molar-refractivity contribution in [1.82, 2.24) is 9.97 Å². The zero-order valence-electron chi connectivity index (χ0n) is 11.1. The predicted octanol–water partition coefficient (Wildman–Crippen LogP) is 1.58. The molecule has 0 aliphatic carbocycles. The first kappa shape index (κ1) is 14.2. The van der Waals surface area contributed by atoms with Gasteiger partial charge in [-0.25, -0.2) is 9.97 Å². The van der Waals surface area contributed by atoms with Crippen LogP contribution in [0.1, 0.15) is 25.6 Å². The number of methoxy groups -OCH3 is 1. The smallest absolute Gasteiger partial charge is 0.325 e. The average molecular weight is 252 g/mol. The number of ether oxygens (including phenoxy) is 1. The number of carbonyl (C=O) groups excluding carboxylic acids is 1. The number of nitrogens with zero attached hydrogens (tertiary/aromatic N) is 2. The Morgan fingerprint density at radius 3 is 2.61 bits per heavy atom. The minimum Gasteiger partial charge on any atom is -0.468 e. The fourth-order valence-corrected chi connectivity index (χ4v) is 1.38. The number of hydrogen-bond acceptors (Lipinski definition) is 6. The molecule has 0 bridgehead atoms. The van der Waals surface area contributed by atoms with Crippen LogP contribution in [-0.2, 0) is 9.53 Å². The first-order valence-electron chi connectivity index (χ1n) is 6.06. The van der Waals surface area contributed by atoms with E-state index >= 15 is 0 Å². The van der Waals surface area contributed by atoms with Gasteiger partial charge in [-0.05, 0) is 13.3 Å². The molecule has 18 heavy (non-hydrogen) atoms. The average Bonchev–Trinajstić information content (AvgIpc) is 2.35. The van der Waals surface area contributed by atoms with E-state index in [0.29, 0.717) is 11.6 Å². The monoisotopic (exact) mass is 252 g/mol. The van der Waals surface area contributed by atoms with Crippen molar-refractivity contribution >= 4 is 17.6 Å². The van der Waals surface area contributed by atoms with Crippen LogP contribution in [0.4, 0.5) is 11.6 Å². The lowest BCUT2D eigenvalue weighted by Crippen LogP contribution is -2.16. The lowest BCUT2D eigenvalue weighted by atomic mass is 10.3. The molecule has 1 rings (SSSR count). The molecule has 0 radical (unpaired) electrons. The van der Waals surface area contributed by atoms with Gasteiger partial charge in [0.15, 0.2) is 0 Å². The molecule has 1 aromatic rings. The van der Waals surface area contributed by atoms with Gasteiger partial charge in [-0.3, -0.25) is 4.79 Å². The number of unbranched alkanes of at least 4 members (excludes halogenated alkanes) is 1. The number of carbonyl (C=O) groups is 1.